The van der Waals surface area contributed by atoms with Gasteiger partial charge in [0.05, 0.1) is 17.1 Å². The Balaban J connectivity index is 0.000000295. The van der Waals surface area contributed by atoms with Gasteiger partial charge < -0.3 is 9.47 Å². The Morgan fingerprint density at radius 1 is 1.45 bits per heavy atom. The molecule has 0 saturated carbocycles. The maximum Gasteiger partial charge on any atom is 0.305 e. The highest BCUT2D eigenvalue weighted by Gasteiger charge is 2.25. The highest BCUT2D eigenvalue weighted by molar-refractivity contribution is 6.00. The standard InChI is InChI=1S/C10H9NO4.C5H10O2/c1-6-4-9(12)8-5-7(11(13)14)2-3-10(8)15-6;1-3-5(6)7-4-2/h2-3,5-6H,4H2,1H3;3-4H2,1-2H3/t6-;/m1./s1. The van der Waals surface area contributed by atoms with Crippen LogP contribution >= 0.6 is 0 Å². The lowest BCUT2D eigenvalue weighted by molar-refractivity contribution is -0.384. The predicted molar refractivity (Wildman–Crippen MR) is 79.1 cm³/mol. The van der Waals surface area contributed by atoms with E-state index >= 15 is 0 Å². The molecule has 1 heterocycles. The number of benzene rings is 1. The van der Waals surface area contributed by atoms with Crippen molar-refractivity contribution in [3.05, 3.63) is 33.9 Å². The van der Waals surface area contributed by atoms with Crippen molar-refractivity contribution in [3.63, 3.8) is 0 Å². The molecule has 7 heteroatoms. The molecule has 1 aromatic rings. The SMILES string of the molecule is CCOC(=O)CC.C[C@@H]1CC(=O)c2cc([N+](=O)[O-])ccc2O1. The van der Waals surface area contributed by atoms with Gasteiger partial charge in [-0.25, -0.2) is 0 Å². The second kappa shape index (κ2) is 8.11. The number of fused-ring (bicyclic) bond motifs is 1. The van der Waals surface area contributed by atoms with Crippen LogP contribution in [0.15, 0.2) is 18.2 Å². The van der Waals surface area contributed by atoms with E-state index in [9.17, 15) is 19.7 Å². The first-order valence-electron chi connectivity index (χ1n) is 7.02. The number of nitro groups is 1. The van der Waals surface area contributed by atoms with Gasteiger partial charge in [-0.2, -0.15) is 0 Å². The lowest BCUT2D eigenvalue weighted by Crippen LogP contribution is -2.23. The van der Waals surface area contributed by atoms with Crippen molar-refractivity contribution in [3.8, 4) is 5.75 Å². The summed E-state index contributed by atoms with van der Waals surface area (Å²) in [6.07, 6.45) is 0.591. The second-order valence-corrected chi connectivity index (χ2v) is 4.65. The molecule has 0 spiro atoms. The molecule has 0 aliphatic carbocycles. The number of nitro benzene ring substituents is 1. The summed E-state index contributed by atoms with van der Waals surface area (Å²) in [7, 11) is 0. The van der Waals surface area contributed by atoms with Crippen molar-refractivity contribution < 1.29 is 24.0 Å². The summed E-state index contributed by atoms with van der Waals surface area (Å²) in [5.41, 5.74) is 0.225. The first-order chi connectivity index (χ1) is 10.4. The van der Waals surface area contributed by atoms with Gasteiger partial charge in [0, 0.05) is 25.0 Å². The number of nitrogens with zero attached hydrogens (tertiary/aromatic N) is 1. The fraction of sp³-hybridized carbons (Fsp3) is 0.467. The molecule has 2 rings (SSSR count). The number of carbonyl (C=O) groups excluding carboxylic acids is 2. The third-order valence-corrected chi connectivity index (χ3v) is 2.87. The van der Waals surface area contributed by atoms with Gasteiger partial charge in [0.2, 0.25) is 0 Å². The van der Waals surface area contributed by atoms with E-state index in [1.54, 1.807) is 20.8 Å². The zero-order valence-corrected chi connectivity index (χ0v) is 12.8. The molecular weight excluding hydrogens is 290 g/mol. The van der Waals surface area contributed by atoms with Gasteiger partial charge in [-0.05, 0) is 19.9 Å². The van der Waals surface area contributed by atoms with Crippen LogP contribution in [0, 0.1) is 10.1 Å². The topological polar surface area (TPSA) is 95.7 Å². The van der Waals surface area contributed by atoms with E-state index in [0.29, 0.717) is 24.3 Å². The fourth-order valence-corrected chi connectivity index (χ4v) is 1.84. The third-order valence-electron chi connectivity index (χ3n) is 2.87. The van der Waals surface area contributed by atoms with Crippen LogP contribution in [0.5, 0.6) is 5.75 Å². The molecule has 0 amide bonds. The minimum absolute atomic E-state index is 0.0831. The lowest BCUT2D eigenvalue weighted by atomic mass is 10.0. The number of ether oxygens (including phenoxy) is 2. The van der Waals surface area contributed by atoms with Crippen LogP contribution in [0.2, 0.25) is 0 Å². The van der Waals surface area contributed by atoms with Crippen LogP contribution < -0.4 is 4.74 Å². The Labute approximate surface area is 128 Å². The maximum absolute atomic E-state index is 11.6. The smallest absolute Gasteiger partial charge is 0.305 e. The van der Waals surface area contributed by atoms with Crippen LogP contribution in [0.4, 0.5) is 5.69 Å². The van der Waals surface area contributed by atoms with Crippen LogP contribution in [0.3, 0.4) is 0 Å². The van der Waals surface area contributed by atoms with E-state index in [1.165, 1.54) is 18.2 Å². The fourth-order valence-electron chi connectivity index (χ4n) is 1.84. The average Bonchev–Trinajstić information content (AvgIpc) is 2.47. The molecular formula is C15H19NO6. The van der Waals surface area contributed by atoms with E-state index in [4.69, 9.17) is 4.74 Å². The molecule has 0 N–H and O–H groups in total. The lowest BCUT2D eigenvalue weighted by Gasteiger charge is -2.21. The van der Waals surface area contributed by atoms with Crippen molar-refractivity contribution in [2.75, 3.05) is 6.61 Å². The van der Waals surface area contributed by atoms with Crippen LogP contribution in [0.25, 0.3) is 0 Å². The highest BCUT2D eigenvalue weighted by Crippen LogP contribution is 2.30. The van der Waals surface area contributed by atoms with Gasteiger partial charge >= 0.3 is 5.97 Å². The minimum atomic E-state index is -0.522. The summed E-state index contributed by atoms with van der Waals surface area (Å²) in [4.78, 5) is 31.7. The van der Waals surface area contributed by atoms with Crippen molar-refractivity contribution in [2.24, 2.45) is 0 Å². The molecule has 22 heavy (non-hydrogen) atoms. The zero-order chi connectivity index (χ0) is 16.7. The molecule has 7 nitrogen and oxygen atoms in total. The van der Waals surface area contributed by atoms with E-state index < -0.39 is 4.92 Å². The molecule has 1 aromatic carbocycles. The number of Topliss-reactive ketones (excluding diaryl/α,β-unsaturated/α-hetero) is 1. The van der Waals surface area contributed by atoms with E-state index in [1.807, 2.05) is 0 Å². The number of ketones is 1. The molecule has 1 atom stereocenters. The third kappa shape index (κ3) is 4.83. The van der Waals surface area contributed by atoms with E-state index in [2.05, 4.69) is 4.74 Å². The molecule has 0 unspecified atom stereocenters. The number of rotatable bonds is 3. The zero-order valence-electron chi connectivity index (χ0n) is 12.8. The molecule has 0 bridgehead atoms. The molecule has 120 valence electrons. The maximum atomic E-state index is 11.6. The summed E-state index contributed by atoms with van der Waals surface area (Å²) in [5, 5.41) is 10.5. The summed E-state index contributed by atoms with van der Waals surface area (Å²) in [6, 6.07) is 4.08. The normalized spacial score (nSPS) is 15.8. The van der Waals surface area contributed by atoms with E-state index in [0.717, 1.165) is 0 Å². The second-order valence-electron chi connectivity index (χ2n) is 4.65. The molecule has 0 saturated heterocycles. The van der Waals surface area contributed by atoms with Crippen molar-refractivity contribution in [1.82, 2.24) is 0 Å². The van der Waals surface area contributed by atoms with Gasteiger partial charge in [0.1, 0.15) is 11.9 Å². The van der Waals surface area contributed by atoms with Crippen LogP contribution in [-0.4, -0.2) is 29.4 Å². The van der Waals surface area contributed by atoms with Gasteiger partial charge in [0.25, 0.3) is 5.69 Å². The van der Waals surface area contributed by atoms with Crippen LogP contribution in [0.1, 0.15) is 44.0 Å². The summed E-state index contributed by atoms with van der Waals surface area (Å²) in [5.74, 6) is 0.208. The Morgan fingerprint density at radius 2 is 2.14 bits per heavy atom. The summed E-state index contributed by atoms with van der Waals surface area (Å²) < 4.78 is 9.95. The summed E-state index contributed by atoms with van der Waals surface area (Å²) >= 11 is 0. The highest BCUT2D eigenvalue weighted by atomic mass is 16.6. The average molecular weight is 309 g/mol. The molecule has 1 aliphatic heterocycles. The number of hydrogen-bond donors (Lipinski definition) is 0. The molecule has 1 aliphatic rings. The van der Waals surface area contributed by atoms with Gasteiger partial charge in [0.15, 0.2) is 5.78 Å². The predicted octanol–water partition coefficient (Wildman–Crippen LogP) is 2.91. The van der Waals surface area contributed by atoms with Crippen LogP contribution in [-0.2, 0) is 9.53 Å². The van der Waals surface area contributed by atoms with Gasteiger partial charge in [-0.1, -0.05) is 6.92 Å². The molecule has 0 radical (unpaired) electrons. The Kier molecular flexibility index (Phi) is 6.49. The van der Waals surface area contributed by atoms with E-state index in [-0.39, 0.29) is 30.0 Å². The monoisotopic (exact) mass is 309 g/mol. The van der Waals surface area contributed by atoms with Gasteiger partial charge in [-0.3, -0.25) is 19.7 Å². The Bertz CT molecular complexity index is 569. The van der Waals surface area contributed by atoms with Gasteiger partial charge in [-0.15, -0.1) is 0 Å². The van der Waals surface area contributed by atoms with Crippen molar-refractivity contribution in [2.45, 2.75) is 39.7 Å². The minimum Gasteiger partial charge on any atom is -0.489 e. The molecule has 0 aromatic heterocycles. The number of carbonyl (C=O) groups is 2. The van der Waals surface area contributed by atoms with Crippen molar-refractivity contribution in [1.29, 1.82) is 0 Å². The Morgan fingerprint density at radius 3 is 2.64 bits per heavy atom. The number of non-ortho nitro benzene ring substituents is 1. The largest absolute Gasteiger partial charge is 0.489 e. The quantitative estimate of drug-likeness (QED) is 0.484. The summed E-state index contributed by atoms with van der Waals surface area (Å²) in [6.45, 7) is 5.86. The molecule has 0 fully saturated rings. The first-order valence-corrected chi connectivity index (χ1v) is 7.02. The number of esters is 1. The number of hydrogen-bond acceptors (Lipinski definition) is 6. The Hall–Kier alpha value is -2.44. The first kappa shape index (κ1) is 17.6. The van der Waals surface area contributed by atoms with Crippen molar-refractivity contribution >= 4 is 17.4 Å².